The minimum Gasteiger partial charge on any atom is -0.388 e. The van der Waals surface area contributed by atoms with Crippen molar-refractivity contribution in [3.63, 3.8) is 0 Å². The van der Waals surface area contributed by atoms with Crippen molar-refractivity contribution < 1.29 is 23.1 Å². The van der Waals surface area contributed by atoms with E-state index in [-0.39, 0.29) is 38.4 Å². The number of hydrogen-bond donors (Lipinski definition) is 1. The highest BCUT2D eigenvalue weighted by Crippen LogP contribution is 2.30. The number of alkyl halides is 3. The lowest BCUT2D eigenvalue weighted by Crippen LogP contribution is -2.48. The van der Waals surface area contributed by atoms with Gasteiger partial charge in [0.25, 0.3) is 0 Å². The molecule has 1 amide bonds. The fourth-order valence-electron chi connectivity index (χ4n) is 3.88. The van der Waals surface area contributed by atoms with Gasteiger partial charge in [0.05, 0.1) is 30.5 Å². The Bertz CT molecular complexity index is 1230. The van der Waals surface area contributed by atoms with Crippen LogP contribution < -0.4 is 0 Å². The molecule has 13 heteroatoms. The van der Waals surface area contributed by atoms with Crippen molar-refractivity contribution in [2.75, 3.05) is 13.1 Å². The summed E-state index contributed by atoms with van der Waals surface area (Å²) >= 11 is 6.13. The van der Waals surface area contributed by atoms with Crippen molar-refractivity contribution in [2.24, 2.45) is 0 Å². The number of nitrogens with zero attached hydrogens (tertiary/aromatic N) is 7. The predicted molar refractivity (Wildman–Crippen MR) is 120 cm³/mol. The highest BCUT2D eigenvalue weighted by Gasteiger charge is 2.36. The molecule has 0 aliphatic carbocycles. The van der Waals surface area contributed by atoms with Gasteiger partial charge in [0.2, 0.25) is 5.91 Å². The maximum Gasteiger partial charge on any atom is 0.419 e. The van der Waals surface area contributed by atoms with Crippen LogP contribution in [-0.2, 0) is 24.1 Å². The van der Waals surface area contributed by atoms with Gasteiger partial charge in [-0.1, -0.05) is 17.7 Å². The standard InChI is InChI=1S/C22H23ClF3N7O2/c1-15-28-30-33(29-15)12-17-10-19(23)4-2-16(17)3-5-20(34)31-8-6-21(35,7-9-31)14-32-13-18(11-27-32)22(24,25)26/h2-5,10-11,13,35H,6-9,12,14H2,1H3. The summed E-state index contributed by atoms with van der Waals surface area (Å²) in [4.78, 5) is 15.8. The fourth-order valence-corrected chi connectivity index (χ4v) is 4.08. The summed E-state index contributed by atoms with van der Waals surface area (Å²) in [6.07, 6.45) is 0.684. The number of aryl methyl sites for hydroxylation is 1. The molecule has 0 radical (unpaired) electrons. The number of hydrogen-bond acceptors (Lipinski definition) is 6. The molecular formula is C22H23ClF3N7O2. The van der Waals surface area contributed by atoms with Crippen molar-refractivity contribution in [2.45, 2.75) is 44.6 Å². The van der Waals surface area contributed by atoms with E-state index in [1.165, 1.54) is 10.9 Å². The van der Waals surface area contributed by atoms with Gasteiger partial charge < -0.3 is 10.0 Å². The van der Waals surface area contributed by atoms with Gasteiger partial charge in [-0.25, -0.2) is 0 Å². The summed E-state index contributed by atoms with van der Waals surface area (Å²) in [5.74, 6) is 0.304. The van der Waals surface area contributed by atoms with Crippen LogP contribution in [-0.4, -0.2) is 64.6 Å². The minimum absolute atomic E-state index is 0.0785. The van der Waals surface area contributed by atoms with Crippen molar-refractivity contribution >= 4 is 23.6 Å². The number of likely N-dealkylation sites (tertiary alicyclic amines) is 1. The second-order valence-electron chi connectivity index (χ2n) is 8.52. The second kappa shape index (κ2) is 9.78. The Morgan fingerprint density at radius 1 is 1.29 bits per heavy atom. The van der Waals surface area contributed by atoms with Crippen LogP contribution in [0.2, 0.25) is 5.02 Å². The van der Waals surface area contributed by atoms with Crippen molar-refractivity contribution in [1.29, 1.82) is 0 Å². The third-order valence-corrected chi connectivity index (χ3v) is 6.03. The van der Waals surface area contributed by atoms with Crippen LogP contribution in [0.3, 0.4) is 0 Å². The summed E-state index contributed by atoms with van der Waals surface area (Å²) in [6.45, 7) is 2.52. The molecule has 0 atom stereocenters. The number of benzene rings is 1. The number of piperidine rings is 1. The first kappa shape index (κ1) is 24.9. The van der Waals surface area contributed by atoms with E-state index in [1.807, 2.05) is 0 Å². The zero-order chi connectivity index (χ0) is 25.2. The van der Waals surface area contributed by atoms with Crippen LogP contribution in [0.15, 0.2) is 36.7 Å². The van der Waals surface area contributed by atoms with E-state index in [2.05, 4.69) is 20.5 Å². The number of tetrazole rings is 1. The third kappa shape index (κ3) is 6.25. The van der Waals surface area contributed by atoms with Gasteiger partial charge in [-0.2, -0.15) is 23.1 Å². The third-order valence-electron chi connectivity index (χ3n) is 5.80. The predicted octanol–water partition coefficient (Wildman–Crippen LogP) is 2.97. The molecule has 35 heavy (non-hydrogen) atoms. The van der Waals surface area contributed by atoms with Crippen LogP contribution in [0.1, 0.15) is 35.4 Å². The van der Waals surface area contributed by atoms with Crippen molar-refractivity contribution in [3.05, 3.63) is 64.2 Å². The number of carbonyl (C=O) groups excluding carboxylic acids is 1. The first-order chi connectivity index (χ1) is 16.5. The molecule has 1 aromatic carbocycles. The SMILES string of the molecule is Cc1nnn(Cc2cc(Cl)ccc2C=CC(=O)N2CCC(O)(Cn3cc(C(F)(F)F)cn3)CC2)n1. The Morgan fingerprint density at radius 3 is 2.66 bits per heavy atom. The molecule has 0 saturated carbocycles. The summed E-state index contributed by atoms with van der Waals surface area (Å²) in [5, 5.41) is 27.0. The lowest BCUT2D eigenvalue weighted by atomic mass is 9.91. The van der Waals surface area contributed by atoms with E-state index in [9.17, 15) is 23.1 Å². The Morgan fingerprint density at radius 2 is 2.03 bits per heavy atom. The molecule has 1 aliphatic rings. The Hall–Kier alpha value is -3.25. The maximum atomic E-state index is 12.8. The van der Waals surface area contributed by atoms with E-state index in [0.717, 1.165) is 28.2 Å². The quantitative estimate of drug-likeness (QED) is 0.513. The molecule has 1 fully saturated rings. The topological polar surface area (TPSA) is 102 Å². The Kier molecular flexibility index (Phi) is 6.95. The molecule has 186 valence electrons. The van der Waals surface area contributed by atoms with Crippen LogP contribution in [0, 0.1) is 6.92 Å². The molecule has 0 spiro atoms. The monoisotopic (exact) mass is 509 g/mol. The number of rotatable bonds is 6. The molecule has 1 aliphatic heterocycles. The van der Waals surface area contributed by atoms with Gasteiger partial charge in [0.1, 0.15) is 0 Å². The van der Waals surface area contributed by atoms with Gasteiger partial charge in [-0.3, -0.25) is 9.48 Å². The zero-order valence-electron chi connectivity index (χ0n) is 18.8. The van der Waals surface area contributed by atoms with E-state index >= 15 is 0 Å². The number of aliphatic hydroxyl groups is 1. The van der Waals surface area contributed by atoms with Gasteiger partial charge >= 0.3 is 6.18 Å². The van der Waals surface area contributed by atoms with Crippen LogP contribution in [0.4, 0.5) is 13.2 Å². The highest BCUT2D eigenvalue weighted by atomic mass is 35.5. The van der Waals surface area contributed by atoms with Gasteiger partial charge in [0.15, 0.2) is 5.82 Å². The maximum absolute atomic E-state index is 12.8. The van der Waals surface area contributed by atoms with E-state index in [0.29, 0.717) is 17.4 Å². The molecular weight excluding hydrogens is 487 g/mol. The Balaban J connectivity index is 1.37. The molecule has 9 nitrogen and oxygen atoms in total. The summed E-state index contributed by atoms with van der Waals surface area (Å²) in [5.41, 5.74) is -0.535. The van der Waals surface area contributed by atoms with Gasteiger partial charge in [-0.15, -0.1) is 10.2 Å². The number of carbonyl (C=O) groups is 1. The largest absolute Gasteiger partial charge is 0.419 e. The zero-order valence-corrected chi connectivity index (χ0v) is 19.5. The normalized spacial score (nSPS) is 16.2. The smallest absolute Gasteiger partial charge is 0.388 e. The number of aromatic nitrogens is 6. The van der Waals surface area contributed by atoms with Crippen LogP contribution in [0.5, 0.6) is 0 Å². The molecule has 4 rings (SSSR count). The minimum atomic E-state index is -4.49. The fraction of sp³-hybridized carbons (Fsp3) is 0.409. The molecule has 0 bridgehead atoms. The lowest BCUT2D eigenvalue weighted by molar-refractivity contribution is -0.138. The van der Waals surface area contributed by atoms with Crippen LogP contribution in [0.25, 0.3) is 6.08 Å². The molecule has 2 aromatic heterocycles. The van der Waals surface area contributed by atoms with Crippen molar-refractivity contribution in [1.82, 2.24) is 34.9 Å². The van der Waals surface area contributed by atoms with E-state index in [4.69, 9.17) is 11.6 Å². The first-order valence-electron chi connectivity index (χ1n) is 10.8. The first-order valence-corrected chi connectivity index (χ1v) is 11.2. The second-order valence-corrected chi connectivity index (χ2v) is 8.95. The molecule has 0 unspecified atom stereocenters. The average Bonchev–Trinajstić information content (AvgIpc) is 3.42. The van der Waals surface area contributed by atoms with Gasteiger partial charge in [0, 0.05) is 30.4 Å². The summed E-state index contributed by atoms with van der Waals surface area (Å²) in [6, 6.07) is 5.28. The molecule has 1 N–H and O–H groups in total. The number of amides is 1. The van der Waals surface area contributed by atoms with Crippen LogP contribution >= 0.6 is 11.6 Å². The summed E-state index contributed by atoms with van der Waals surface area (Å²) in [7, 11) is 0. The molecule has 1 saturated heterocycles. The Labute approximate surface area is 203 Å². The lowest BCUT2D eigenvalue weighted by Gasteiger charge is -2.37. The molecule has 3 heterocycles. The van der Waals surface area contributed by atoms with Gasteiger partial charge in [-0.05, 0) is 54.3 Å². The summed E-state index contributed by atoms with van der Waals surface area (Å²) < 4.78 is 39.4. The van der Waals surface area contributed by atoms with E-state index in [1.54, 1.807) is 36.1 Å². The van der Waals surface area contributed by atoms with E-state index < -0.39 is 17.3 Å². The highest BCUT2D eigenvalue weighted by molar-refractivity contribution is 6.30. The molecule has 3 aromatic rings. The number of halogens is 4. The average molecular weight is 510 g/mol. The van der Waals surface area contributed by atoms with Crippen molar-refractivity contribution in [3.8, 4) is 0 Å².